The minimum Gasteiger partial charge on any atom is -0.396 e. The molecule has 2 heteroatoms. The maximum absolute atomic E-state index is 9.14. The van der Waals surface area contributed by atoms with Gasteiger partial charge in [-0.1, -0.05) is 48.9 Å². The van der Waals surface area contributed by atoms with Crippen molar-refractivity contribution in [3.05, 3.63) is 47.5 Å². The largest absolute Gasteiger partial charge is 0.396 e. The summed E-state index contributed by atoms with van der Waals surface area (Å²) in [6.07, 6.45) is 6.41. The van der Waals surface area contributed by atoms with Gasteiger partial charge in [-0.25, -0.2) is 0 Å². The van der Waals surface area contributed by atoms with Crippen molar-refractivity contribution in [3.63, 3.8) is 0 Å². The Kier molecular flexibility index (Phi) is 4.56. The van der Waals surface area contributed by atoms with Gasteiger partial charge in [-0.05, 0) is 25.3 Å². The Morgan fingerprint density at radius 3 is 2.56 bits per heavy atom. The average Bonchev–Trinajstić information content (AvgIpc) is 2.85. The van der Waals surface area contributed by atoms with Gasteiger partial charge in [0.25, 0.3) is 0 Å². The number of benzene rings is 1. The van der Waals surface area contributed by atoms with Gasteiger partial charge in [0.2, 0.25) is 0 Å². The summed E-state index contributed by atoms with van der Waals surface area (Å²) in [6, 6.07) is 9.55. The smallest absolute Gasteiger partial charge is 0.0494 e. The normalized spacial score (nSPS) is 24.4. The van der Waals surface area contributed by atoms with Crippen molar-refractivity contribution in [1.82, 2.24) is 5.32 Å². The molecule has 0 radical (unpaired) electrons. The molecule has 0 amide bonds. The monoisotopic (exact) mass is 245 g/mol. The fraction of sp³-hybridized carbons (Fsp3) is 0.500. The third kappa shape index (κ3) is 3.21. The summed E-state index contributed by atoms with van der Waals surface area (Å²) in [5, 5.41) is 12.8. The van der Waals surface area contributed by atoms with Gasteiger partial charge in [-0.3, -0.25) is 0 Å². The fourth-order valence-corrected chi connectivity index (χ4v) is 2.54. The number of hydrogen-bond donors (Lipinski definition) is 2. The Bertz CT molecular complexity index is 396. The number of nitrogens with one attached hydrogen (secondary N) is 1. The molecule has 18 heavy (non-hydrogen) atoms. The Hall–Kier alpha value is -1.12. The third-order valence-electron chi connectivity index (χ3n) is 3.71. The predicted molar refractivity (Wildman–Crippen MR) is 75.5 cm³/mol. The molecule has 98 valence electrons. The highest BCUT2D eigenvalue weighted by molar-refractivity contribution is 5.24. The van der Waals surface area contributed by atoms with E-state index in [-0.39, 0.29) is 6.61 Å². The van der Waals surface area contributed by atoms with Crippen LogP contribution in [0.25, 0.3) is 0 Å². The van der Waals surface area contributed by atoms with E-state index < -0.39 is 0 Å². The molecule has 1 aromatic carbocycles. The van der Waals surface area contributed by atoms with Crippen LogP contribution in [0.3, 0.4) is 0 Å². The van der Waals surface area contributed by atoms with Crippen molar-refractivity contribution in [1.29, 1.82) is 0 Å². The lowest BCUT2D eigenvalue weighted by molar-refractivity contribution is 0.244. The first-order valence-corrected chi connectivity index (χ1v) is 6.84. The summed E-state index contributed by atoms with van der Waals surface area (Å²) in [6.45, 7) is 4.58. The van der Waals surface area contributed by atoms with Crippen molar-refractivity contribution >= 4 is 0 Å². The molecular formula is C16H23NO. The van der Waals surface area contributed by atoms with Gasteiger partial charge in [-0.2, -0.15) is 0 Å². The van der Waals surface area contributed by atoms with E-state index in [2.05, 4.69) is 55.6 Å². The summed E-state index contributed by atoms with van der Waals surface area (Å²) in [7, 11) is 0. The second-order valence-electron chi connectivity index (χ2n) is 5.21. The lowest BCUT2D eigenvalue weighted by Crippen LogP contribution is -2.30. The highest BCUT2D eigenvalue weighted by Gasteiger charge is 2.20. The first-order valence-electron chi connectivity index (χ1n) is 6.84. The molecule has 0 unspecified atom stereocenters. The van der Waals surface area contributed by atoms with Crippen LogP contribution in [0.4, 0.5) is 0 Å². The van der Waals surface area contributed by atoms with E-state index in [9.17, 15) is 0 Å². The van der Waals surface area contributed by atoms with Crippen LogP contribution in [0, 0.1) is 12.8 Å². The molecule has 3 atom stereocenters. The van der Waals surface area contributed by atoms with E-state index in [0.29, 0.717) is 18.0 Å². The van der Waals surface area contributed by atoms with E-state index in [1.165, 1.54) is 11.1 Å². The Morgan fingerprint density at radius 2 is 2.00 bits per heavy atom. The molecule has 0 saturated carbocycles. The summed E-state index contributed by atoms with van der Waals surface area (Å²) in [4.78, 5) is 0. The first-order chi connectivity index (χ1) is 8.72. The first kappa shape index (κ1) is 13.3. The highest BCUT2D eigenvalue weighted by atomic mass is 16.3. The number of aryl methyl sites for hydroxylation is 1. The van der Waals surface area contributed by atoms with Crippen molar-refractivity contribution < 1.29 is 5.11 Å². The lowest BCUT2D eigenvalue weighted by Gasteiger charge is -2.22. The summed E-state index contributed by atoms with van der Waals surface area (Å²) >= 11 is 0. The summed E-state index contributed by atoms with van der Waals surface area (Å²) in [5.41, 5.74) is 2.65. The zero-order valence-corrected chi connectivity index (χ0v) is 11.3. The maximum Gasteiger partial charge on any atom is 0.0494 e. The molecule has 2 N–H and O–H groups in total. The Morgan fingerprint density at radius 1 is 1.28 bits per heavy atom. The van der Waals surface area contributed by atoms with Crippen LogP contribution >= 0.6 is 0 Å². The molecule has 0 aromatic heterocycles. The summed E-state index contributed by atoms with van der Waals surface area (Å²) < 4.78 is 0. The molecule has 0 fully saturated rings. The van der Waals surface area contributed by atoms with Gasteiger partial charge in [0.1, 0.15) is 0 Å². The van der Waals surface area contributed by atoms with Crippen LogP contribution in [0.15, 0.2) is 36.4 Å². The van der Waals surface area contributed by atoms with Gasteiger partial charge in [0.05, 0.1) is 0 Å². The van der Waals surface area contributed by atoms with Crippen molar-refractivity contribution in [2.45, 2.75) is 38.8 Å². The van der Waals surface area contributed by atoms with E-state index in [0.717, 1.165) is 12.8 Å². The highest BCUT2D eigenvalue weighted by Crippen LogP contribution is 2.23. The van der Waals surface area contributed by atoms with Gasteiger partial charge in [0.15, 0.2) is 0 Å². The molecule has 1 aromatic rings. The minimum atomic E-state index is 0.260. The number of hydrogen-bond acceptors (Lipinski definition) is 2. The van der Waals surface area contributed by atoms with E-state index in [1.807, 2.05) is 0 Å². The van der Waals surface area contributed by atoms with Gasteiger partial charge < -0.3 is 10.4 Å². The van der Waals surface area contributed by atoms with Crippen LogP contribution in [0.5, 0.6) is 0 Å². The van der Waals surface area contributed by atoms with Gasteiger partial charge in [0, 0.05) is 24.6 Å². The van der Waals surface area contributed by atoms with E-state index in [4.69, 9.17) is 5.11 Å². The van der Waals surface area contributed by atoms with Crippen molar-refractivity contribution in [3.8, 4) is 0 Å². The van der Waals surface area contributed by atoms with Crippen molar-refractivity contribution in [2.24, 2.45) is 5.92 Å². The third-order valence-corrected chi connectivity index (χ3v) is 3.71. The molecule has 2 rings (SSSR count). The second kappa shape index (κ2) is 6.17. The lowest BCUT2D eigenvalue weighted by atomic mass is 10.0. The number of rotatable bonds is 5. The number of aliphatic hydroxyl groups excluding tert-OH is 1. The van der Waals surface area contributed by atoms with Crippen molar-refractivity contribution in [2.75, 3.05) is 6.61 Å². The molecule has 0 heterocycles. The standard InChI is InChI=1S/C16H23NO/c1-3-16(14-7-4-12(2)5-8-14)17-15-9-6-13(10-15)11-18/h4-9,13,15-18H,3,10-11H2,1-2H3/t13-,15+,16+/m0/s1. The van der Waals surface area contributed by atoms with Crippen LogP contribution in [0.1, 0.15) is 36.9 Å². The molecule has 0 bridgehead atoms. The SMILES string of the molecule is CC[C@@H](N[C@@H]1C=C[C@H](CO)C1)c1ccc(C)cc1. The predicted octanol–water partition coefficient (Wildman–Crippen LogP) is 2.97. The Balaban J connectivity index is 1.98. The number of aliphatic hydroxyl groups is 1. The quantitative estimate of drug-likeness (QED) is 0.782. The van der Waals surface area contributed by atoms with Gasteiger partial charge >= 0.3 is 0 Å². The Labute approximate surface area is 110 Å². The molecule has 0 saturated heterocycles. The molecule has 0 spiro atoms. The molecule has 1 aliphatic rings. The molecule has 0 aliphatic heterocycles. The van der Waals surface area contributed by atoms with Crippen LogP contribution in [-0.2, 0) is 0 Å². The van der Waals surface area contributed by atoms with Crippen LogP contribution in [0.2, 0.25) is 0 Å². The second-order valence-corrected chi connectivity index (χ2v) is 5.21. The van der Waals surface area contributed by atoms with Crippen LogP contribution < -0.4 is 5.32 Å². The van der Waals surface area contributed by atoms with E-state index >= 15 is 0 Å². The molecule has 1 aliphatic carbocycles. The average molecular weight is 245 g/mol. The zero-order valence-electron chi connectivity index (χ0n) is 11.3. The summed E-state index contributed by atoms with van der Waals surface area (Å²) in [5.74, 6) is 0.332. The fourth-order valence-electron chi connectivity index (χ4n) is 2.54. The van der Waals surface area contributed by atoms with Crippen LogP contribution in [-0.4, -0.2) is 17.8 Å². The van der Waals surface area contributed by atoms with E-state index in [1.54, 1.807) is 0 Å². The van der Waals surface area contributed by atoms with Gasteiger partial charge in [-0.15, -0.1) is 0 Å². The zero-order chi connectivity index (χ0) is 13.0. The topological polar surface area (TPSA) is 32.3 Å². The molecular weight excluding hydrogens is 222 g/mol. The minimum absolute atomic E-state index is 0.260. The molecule has 2 nitrogen and oxygen atoms in total. The maximum atomic E-state index is 9.14.